The summed E-state index contributed by atoms with van der Waals surface area (Å²) in [6.45, 7) is 3.48. The molecule has 2 saturated heterocycles. The van der Waals surface area contributed by atoms with E-state index < -0.39 is 5.97 Å². The predicted octanol–water partition coefficient (Wildman–Crippen LogP) is 1.66. The number of carboxylic acids is 1. The highest BCUT2D eigenvalue weighted by Gasteiger charge is 2.33. The van der Waals surface area contributed by atoms with Gasteiger partial charge in [0.25, 0.3) is 5.91 Å². The summed E-state index contributed by atoms with van der Waals surface area (Å²) < 4.78 is 5.62. The van der Waals surface area contributed by atoms with Gasteiger partial charge in [0.15, 0.2) is 0 Å². The Hall–Kier alpha value is -1.10. The molecule has 2 aliphatic rings. The summed E-state index contributed by atoms with van der Waals surface area (Å²) in [5.74, 6) is -0.326. The molecule has 5 heteroatoms. The number of hydrogen-bond donors (Lipinski definition) is 1. The Kier molecular flexibility index (Phi) is 4.80. The molecule has 0 aliphatic carbocycles. The third-order valence-electron chi connectivity index (χ3n) is 4.10. The second-order valence-corrected chi connectivity index (χ2v) is 5.74. The number of ether oxygens (including phenoxy) is 1. The van der Waals surface area contributed by atoms with E-state index in [2.05, 4.69) is 0 Å². The largest absolute Gasteiger partial charge is 0.481 e. The molecule has 0 spiro atoms. The van der Waals surface area contributed by atoms with Gasteiger partial charge in [-0.3, -0.25) is 9.59 Å². The topological polar surface area (TPSA) is 66.8 Å². The molecule has 0 aromatic carbocycles. The summed E-state index contributed by atoms with van der Waals surface area (Å²) in [5.41, 5.74) is 0. The Balaban J connectivity index is 1.83. The van der Waals surface area contributed by atoms with Crippen LogP contribution in [-0.2, 0) is 14.3 Å². The molecular formula is C14H23NO4. The van der Waals surface area contributed by atoms with E-state index >= 15 is 0 Å². The Bertz CT molecular complexity index is 344. The van der Waals surface area contributed by atoms with Gasteiger partial charge < -0.3 is 14.7 Å². The van der Waals surface area contributed by atoms with Crippen LogP contribution in [0.25, 0.3) is 0 Å². The first kappa shape index (κ1) is 14.3. The van der Waals surface area contributed by atoms with Gasteiger partial charge in [-0.1, -0.05) is 0 Å². The lowest BCUT2D eigenvalue weighted by Gasteiger charge is -2.34. The van der Waals surface area contributed by atoms with Crippen molar-refractivity contribution in [2.24, 2.45) is 5.92 Å². The molecule has 0 radical (unpaired) electrons. The van der Waals surface area contributed by atoms with E-state index in [0.717, 1.165) is 32.2 Å². The van der Waals surface area contributed by atoms with Crippen LogP contribution in [0.1, 0.15) is 45.4 Å². The normalized spacial score (nSPS) is 31.4. The first-order chi connectivity index (χ1) is 9.06. The fraction of sp³-hybridized carbons (Fsp3) is 0.857. The SMILES string of the molecule is C[C@@H]1CC[C@@H](C(=O)N2CCC[C@@H](CCC(=O)O)C2)O1. The van der Waals surface area contributed by atoms with E-state index in [-0.39, 0.29) is 24.5 Å². The van der Waals surface area contributed by atoms with Crippen LogP contribution in [0.5, 0.6) is 0 Å². The molecule has 19 heavy (non-hydrogen) atoms. The monoisotopic (exact) mass is 269 g/mol. The lowest BCUT2D eigenvalue weighted by atomic mass is 9.93. The first-order valence-corrected chi connectivity index (χ1v) is 7.22. The molecule has 2 heterocycles. The number of piperidine rings is 1. The zero-order chi connectivity index (χ0) is 13.8. The lowest BCUT2D eigenvalue weighted by Crippen LogP contribution is -2.45. The second kappa shape index (κ2) is 6.37. The fourth-order valence-electron chi connectivity index (χ4n) is 3.02. The third-order valence-corrected chi connectivity index (χ3v) is 4.10. The van der Waals surface area contributed by atoms with Crippen molar-refractivity contribution in [3.05, 3.63) is 0 Å². The van der Waals surface area contributed by atoms with Gasteiger partial charge in [-0.05, 0) is 44.9 Å². The number of hydrogen-bond acceptors (Lipinski definition) is 3. The molecule has 0 unspecified atom stereocenters. The van der Waals surface area contributed by atoms with Gasteiger partial charge in [0, 0.05) is 19.5 Å². The van der Waals surface area contributed by atoms with Crippen molar-refractivity contribution in [1.82, 2.24) is 4.90 Å². The second-order valence-electron chi connectivity index (χ2n) is 5.74. The highest BCUT2D eigenvalue weighted by atomic mass is 16.5. The van der Waals surface area contributed by atoms with Crippen LogP contribution in [0.3, 0.4) is 0 Å². The summed E-state index contributed by atoms with van der Waals surface area (Å²) in [6, 6.07) is 0. The summed E-state index contributed by atoms with van der Waals surface area (Å²) in [7, 11) is 0. The number of likely N-dealkylation sites (tertiary alicyclic amines) is 1. The van der Waals surface area contributed by atoms with E-state index in [4.69, 9.17) is 9.84 Å². The van der Waals surface area contributed by atoms with Crippen molar-refractivity contribution in [3.8, 4) is 0 Å². The summed E-state index contributed by atoms with van der Waals surface area (Å²) in [6.07, 6.45) is 4.54. The number of aliphatic carboxylic acids is 1. The molecule has 1 amide bonds. The Morgan fingerprint density at radius 3 is 2.74 bits per heavy atom. The highest BCUT2D eigenvalue weighted by molar-refractivity contribution is 5.81. The van der Waals surface area contributed by atoms with Crippen LogP contribution in [-0.4, -0.2) is 47.2 Å². The number of amides is 1. The third kappa shape index (κ3) is 3.93. The molecule has 0 saturated carbocycles. The summed E-state index contributed by atoms with van der Waals surface area (Å²) in [4.78, 5) is 24.8. The number of carbonyl (C=O) groups is 2. The van der Waals surface area contributed by atoms with Gasteiger partial charge in [0.1, 0.15) is 6.10 Å². The van der Waals surface area contributed by atoms with Gasteiger partial charge in [-0.15, -0.1) is 0 Å². The maximum Gasteiger partial charge on any atom is 0.303 e. The Morgan fingerprint density at radius 1 is 1.32 bits per heavy atom. The molecule has 108 valence electrons. The fourth-order valence-corrected chi connectivity index (χ4v) is 3.02. The zero-order valence-electron chi connectivity index (χ0n) is 11.5. The Morgan fingerprint density at radius 2 is 2.11 bits per heavy atom. The van der Waals surface area contributed by atoms with Gasteiger partial charge in [-0.2, -0.15) is 0 Å². The maximum atomic E-state index is 12.3. The van der Waals surface area contributed by atoms with Crippen LogP contribution in [0.4, 0.5) is 0 Å². The molecule has 2 fully saturated rings. The molecule has 2 aliphatic heterocycles. The minimum Gasteiger partial charge on any atom is -0.481 e. The van der Waals surface area contributed by atoms with Crippen molar-refractivity contribution in [2.45, 2.75) is 57.7 Å². The number of nitrogens with zero attached hydrogens (tertiary/aromatic N) is 1. The molecule has 0 aromatic heterocycles. The highest BCUT2D eigenvalue weighted by Crippen LogP contribution is 2.25. The van der Waals surface area contributed by atoms with Crippen LogP contribution < -0.4 is 0 Å². The molecule has 1 N–H and O–H groups in total. The molecule has 2 rings (SSSR count). The molecule has 5 nitrogen and oxygen atoms in total. The van der Waals surface area contributed by atoms with Crippen molar-refractivity contribution < 1.29 is 19.4 Å². The van der Waals surface area contributed by atoms with Gasteiger partial charge in [-0.25, -0.2) is 0 Å². The van der Waals surface area contributed by atoms with Crippen LogP contribution in [0.15, 0.2) is 0 Å². The standard InChI is InChI=1S/C14H23NO4/c1-10-4-6-12(19-10)14(18)15-8-2-3-11(9-15)5-7-13(16)17/h10-12H,2-9H2,1H3,(H,16,17)/t10-,11+,12+/m1/s1. The zero-order valence-corrected chi connectivity index (χ0v) is 11.5. The summed E-state index contributed by atoms with van der Waals surface area (Å²) >= 11 is 0. The van der Waals surface area contributed by atoms with Gasteiger partial charge in [0.05, 0.1) is 6.10 Å². The average Bonchev–Trinajstić information content (AvgIpc) is 2.82. The number of carbonyl (C=O) groups excluding carboxylic acids is 1. The first-order valence-electron chi connectivity index (χ1n) is 7.22. The quantitative estimate of drug-likeness (QED) is 0.843. The number of carboxylic acid groups (broad SMARTS) is 1. The average molecular weight is 269 g/mol. The smallest absolute Gasteiger partial charge is 0.303 e. The number of rotatable bonds is 4. The van der Waals surface area contributed by atoms with Crippen molar-refractivity contribution in [1.29, 1.82) is 0 Å². The van der Waals surface area contributed by atoms with E-state index in [1.54, 1.807) is 0 Å². The minimum absolute atomic E-state index is 0.101. The van der Waals surface area contributed by atoms with Crippen molar-refractivity contribution in [3.63, 3.8) is 0 Å². The van der Waals surface area contributed by atoms with Gasteiger partial charge in [0.2, 0.25) is 0 Å². The van der Waals surface area contributed by atoms with Crippen molar-refractivity contribution >= 4 is 11.9 Å². The molecule has 0 bridgehead atoms. The molecule has 0 aromatic rings. The maximum absolute atomic E-state index is 12.3. The van der Waals surface area contributed by atoms with Crippen molar-refractivity contribution in [2.75, 3.05) is 13.1 Å². The van der Waals surface area contributed by atoms with Crippen LogP contribution in [0.2, 0.25) is 0 Å². The van der Waals surface area contributed by atoms with Crippen LogP contribution in [0, 0.1) is 5.92 Å². The van der Waals surface area contributed by atoms with E-state index in [1.165, 1.54) is 0 Å². The van der Waals surface area contributed by atoms with E-state index in [0.29, 0.717) is 18.9 Å². The molecular weight excluding hydrogens is 246 g/mol. The predicted molar refractivity (Wildman–Crippen MR) is 69.7 cm³/mol. The Labute approximate surface area is 113 Å². The minimum atomic E-state index is -0.753. The van der Waals surface area contributed by atoms with Gasteiger partial charge >= 0.3 is 5.97 Å². The van der Waals surface area contributed by atoms with E-state index in [9.17, 15) is 9.59 Å². The van der Waals surface area contributed by atoms with E-state index in [1.807, 2.05) is 11.8 Å². The van der Waals surface area contributed by atoms with Crippen LogP contribution >= 0.6 is 0 Å². The summed E-state index contributed by atoms with van der Waals surface area (Å²) in [5, 5.41) is 8.72. The molecule has 3 atom stereocenters. The lowest BCUT2D eigenvalue weighted by molar-refractivity contribution is -0.144.